The maximum atomic E-state index is 11.1. The van der Waals surface area contributed by atoms with E-state index in [4.69, 9.17) is 11.7 Å². The molecule has 1 fully saturated rings. The van der Waals surface area contributed by atoms with Crippen LogP contribution in [0.4, 0.5) is 0 Å². The monoisotopic (exact) mass is 148 g/mol. The van der Waals surface area contributed by atoms with Crippen LogP contribution in [0, 0.1) is 29.1 Å². The van der Waals surface area contributed by atoms with Crippen LogP contribution < -0.4 is 5.32 Å². The van der Waals surface area contributed by atoms with E-state index in [0.29, 0.717) is 12.8 Å². The highest BCUT2D eigenvalue weighted by Gasteiger charge is 2.50. The number of hydrogen-bond donors (Lipinski definition) is 1. The minimum Gasteiger partial charge on any atom is -0.344 e. The topological polar surface area (TPSA) is 52.9 Å². The second kappa shape index (κ2) is 2.64. The number of rotatable bonds is 2. The maximum Gasteiger partial charge on any atom is 0.241 e. The first kappa shape index (κ1) is 7.63. The van der Waals surface area contributed by atoms with E-state index in [-0.39, 0.29) is 12.5 Å². The van der Waals surface area contributed by atoms with Gasteiger partial charge < -0.3 is 5.32 Å². The van der Waals surface area contributed by atoms with Gasteiger partial charge in [0.25, 0.3) is 0 Å². The molecule has 0 aromatic rings. The summed E-state index contributed by atoms with van der Waals surface area (Å²) in [6.45, 7) is 0.211. The van der Waals surface area contributed by atoms with Gasteiger partial charge in [0, 0.05) is 0 Å². The van der Waals surface area contributed by atoms with Crippen molar-refractivity contribution in [3.8, 4) is 18.4 Å². The summed E-state index contributed by atoms with van der Waals surface area (Å²) >= 11 is 0. The number of amides is 1. The standard InChI is InChI=1S/C8H8N2O/c1-2-5-10-7(11)8(6-9)3-4-8/h1H,3-5H2,(H,10,11). The number of carbonyl (C=O) groups is 1. The van der Waals surface area contributed by atoms with Crippen LogP contribution in [0.25, 0.3) is 0 Å². The molecule has 1 aliphatic carbocycles. The lowest BCUT2D eigenvalue weighted by Crippen LogP contribution is -2.31. The first-order chi connectivity index (χ1) is 5.25. The Morgan fingerprint density at radius 3 is 2.73 bits per heavy atom. The first-order valence-electron chi connectivity index (χ1n) is 3.38. The van der Waals surface area contributed by atoms with Crippen LogP contribution in [0.2, 0.25) is 0 Å². The fourth-order valence-corrected chi connectivity index (χ4v) is 0.815. The third kappa shape index (κ3) is 1.33. The highest BCUT2D eigenvalue weighted by atomic mass is 16.2. The summed E-state index contributed by atoms with van der Waals surface area (Å²) < 4.78 is 0. The van der Waals surface area contributed by atoms with Crippen molar-refractivity contribution in [1.29, 1.82) is 5.26 Å². The SMILES string of the molecule is C#CCNC(=O)C1(C#N)CC1. The largest absolute Gasteiger partial charge is 0.344 e. The summed E-state index contributed by atoms with van der Waals surface area (Å²) in [4.78, 5) is 11.1. The van der Waals surface area contributed by atoms with Crippen molar-refractivity contribution in [3.05, 3.63) is 0 Å². The minimum atomic E-state index is -0.739. The van der Waals surface area contributed by atoms with Crippen LogP contribution in [0.3, 0.4) is 0 Å². The van der Waals surface area contributed by atoms with Gasteiger partial charge in [-0.3, -0.25) is 4.79 Å². The second-order valence-electron chi connectivity index (χ2n) is 2.58. The third-order valence-electron chi connectivity index (χ3n) is 1.75. The lowest BCUT2D eigenvalue weighted by Gasteiger charge is -2.03. The number of nitrogens with zero attached hydrogens (tertiary/aromatic N) is 1. The molecule has 0 saturated heterocycles. The van der Waals surface area contributed by atoms with E-state index in [1.165, 1.54) is 0 Å². The van der Waals surface area contributed by atoms with Crippen LogP contribution >= 0.6 is 0 Å². The number of carbonyl (C=O) groups excluding carboxylic acids is 1. The summed E-state index contributed by atoms with van der Waals surface area (Å²) in [5.74, 6) is 2.06. The Labute approximate surface area is 65.4 Å². The van der Waals surface area contributed by atoms with Crippen molar-refractivity contribution in [2.24, 2.45) is 5.41 Å². The predicted molar refractivity (Wildman–Crippen MR) is 39.1 cm³/mol. The summed E-state index contributed by atoms with van der Waals surface area (Å²) in [6, 6.07) is 1.98. The molecule has 11 heavy (non-hydrogen) atoms. The fourth-order valence-electron chi connectivity index (χ4n) is 0.815. The summed E-state index contributed by atoms with van der Waals surface area (Å²) in [5, 5.41) is 11.1. The van der Waals surface area contributed by atoms with Crippen molar-refractivity contribution in [2.45, 2.75) is 12.8 Å². The first-order valence-corrected chi connectivity index (χ1v) is 3.38. The lowest BCUT2D eigenvalue weighted by molar-refractivity contribution is -0.124. The number of terminal acetylenes is 1. The predicted octanol–water partition coefficient (Wildman–Crippen LogP) is 0.0396. The van der Waals surface area contributed by atoms with Crippen molar-refractivity contribution in [2.75, 3.05) is 6.54 Å². The van der Waals surface area contributed by atoms with E-state index in [2.05, 4.69) is 11.2 Å². The van der Waals surface area contributed by atoms with Crippen LogP contribution in [0.5, 0.6) is 0 Å². The quantitative estimate of drug-likeness (QED) is 0.562. The van der Waals surface area contributed by atoms with E-state index in [0.717, 1.165) is 0 Å². The molecule has 1 rings (SSSR count). The highest BCUT2D eigenvalue weighted by molar-refractivity contribution is 5.88. The molecule has 1 saturated carbocycles. The Bertz CT molecular complexity index is 252. The Kier molecular flexibility index (Phi) is 1.83. The lowest BCUT2D eigenvalue weighted by atomic mass is 10.1. The van der Waals surface area contributed by atoms with Crippen LogP contribution in [0.1, 0.15) is 12.8 Å². The molecule has 0 bridgehead atoms. The number of hydrogen-bond acceptors (Lipinski definition) is 2. The van der Waals surface area contributed by atoms with Gasteiger partial charge in [-0.15, -0.1) is 6.42 Å². The Hall–Kier alpha value is -1.48. The highest BCUT2D eigenvalue weighted by Crippen LogP contribution is 2.44. The fraction of sp³-hybridized carbons (Fsp3) is 0.500. The zero-order chi connectivity index (χ0) is 8.32. The van der Waals surface area contributed by atoms with Gasteiger partial charge in [-0.1, -0.05) is 5.92 Å². The van der Waals surface area contributed by atoms with E-state index in [1.807, 2.05) is 6.07 Å². The molecule has 3 heteroatoms. The number of nitriles is 1. The average Bonchev–Trinajstić information content (AvgIpc) is 2.80. The molecule has 0 atom stereocenters. The smallest absolute Gasteiger partial charge is 0.241 e. The molecule has 1 aliphatic rings. The van der Waals surface area contributed by atoms with Gasteiger partial charge in [-0.25, -0.2) is 0 Å². The van der Waals surface area contributed by atoms with E-state index in [9.17, 15) is 4.79 Å². The second-order valence-corrected chi connectivity index (χ2v) is 2.58. The zero-order valence-electron chi connectivity index (χ0n) is 6.05. The van der Waals surface area contributed by atoms with E-state index in [1.54, 1.807) is 0 Å². The summed E-state index contributed by atoms with van der Waals surface area (Å²) in [5.41, 5.74) is -0.739. The van der Waals surface area contributed by atoms with Crippen molar-refractivity contribution >= 4 is 5.91 Å². The molecule has 0 aromatic heterocycles. The maximum absolute atomic E-state index is 11.1. The Morgan fingerprint density at radius 2 is 2.36 bits per heavy atom. The van der Waals surface area contributed by atoms with Gasteiger partial charge in [0.1, 0.15) is 5.41 Å². The molecule has 3 nitrogen and oxygen atoms in total. The molecule has 0 radical (unpaired) electrons. The molecule has 1 N–H and O–H groups in total. The van der Waals surface area contributed by atoms with Gasteiger partial charge in [-0.05, 0) is 12.8 Å². The van der Waals surface area contributed by atoms with Gasteiger partial charge in [-0.2, -0.15) is 5.26 Å². The third-order valence-corrected chi connectivity index (χ3v) is 1.75. The summed E-state index contributed by atoms with van der Waals surface area (Å²) in [6.07, 6.45) is 6.27. The zero-order valence-corrected chi connectivity index (χ0v) is 6.05. The number of nitrogens with one attached hydrogen (secondary N) is 1. The van der Waals surface area contributed by atoms with Crippen molar-refractivity contribution in [3.63, 3.8) is 0 Å². The Morgan fingerprint density at radius 1 is 1.73 bits per heavy atom. The molecular weight excluding hydrogens is 140 g/mol. The molecule has 0 aliphatic heterocycles. The molecule has 0 heterocycles. The van der Waals surface area contributed by atoms with Crippen LogP contribution in [-0.4, -0.2) is 12.5 Å². The van der Waals surface area contributed by atoms with E-state index >= 15 is 0 Å². The van der Waals surface area contributed by atoms with Crippen LogP contribution in [-0.2, 0) is 4.79 Å². The minimum absolute atomic E-state index is 0.211. The van der Waals surface area contributed by atoms with Gasteiger partial charge in [0.15, 0.2) is 0 Å². The average molecular weight is 148 g/mol. The molecule has 56 valence electrons. The molecule has 0 spiro atoms. The van der Waals surface area contributed by atoms with Gasteiger partial charge >= 0.3 is 0 Å². The molecule has 1 amide bonds. The van der Waals surface area contributed by atoms with Crippen LogP contribution in [0.15, 0.2) is 0 Å². The van der Waals surface area contributed by atoms with E-state index < -0.39 is 5.41 Å². The van der Waals surface area contributed by atoms with Crippen molar-refractivity contribution in [1.82, 2.24) is 5.32 Å². The normalized spacial score (nSPS) is 17.6. The Balaban J connectivity index is 2.45. The van der Waals surface area contributed by atoms with Gasteiger partial charge in [0.05, 0.1) is 12.6 Å². The van der Waals surface area contributed by atoms with Gasteiger partial charge in [0.2, 0.25) is 5.91 Å². The van der Waals surface area contributed by atoms with Crippen molar-refractivity contribution < 1.29 is 4.79 Å². The molecule has 0 aromatic carbocycles. The summed E-state index contributed by atoms with van der Waals surface area (Å²) in [7, 11) is 0. The molecule has 0 unspecified atom stereocenters. The molecular formula is C8H8N2O.